The zero-order chi connectivity index (χ0) is 27.2. The van der Waals surface area contributed by atoms with Crippen LogP contribution in [-0.4, -0.2) is 67.0 Å². The summed E-state index contributed by atoms with van der Waals surface area (Å²) in [6.45, 7) is 4.40. The average molecular weight is 588 g/mol. The van der Waals surface area contributed by atoms with Gasteiger partial charge in [-0.25, -0.2) is 18.9 Å². The Morgan fingerprint density at radius 3 is 2.50 bits per heavy atom. The number of carbonyl (C=O) groups is 3. The third-order valence-corrected chi connectivity index (χ3v) is 10.4. The minimum absolute atomic E-state index is 0.00162. The number of carbonyl (C=O) groups excluding carboxylic acids is 3. The summed E-state index contributed by atoms with van der Waals surface area (Å²) >= 11 is 3.36. The predicted octanol–water partition coefficient (Wildman–Crippen LogP) is 4.58. The molecule has 0 aromatic heterocycles. The second kappa shape index (κ2) is 9.98. The van der Waals surface area contributed by atoms with Gasteiger partial charge in [-0.1, -0.05) is 6.07 Å². The molecule has 2 aliphatic rings. The Kier molecular flexibility index (Phi) is 7.73. The fourth-order valence-corrected chi connectivity index (χ4v) is 8.24. The van der Waals surface area contributed by atoms with Crippen LogP contribution in [0.1, 0.15) is 26.3 Å². The molecule has 0 fully saturated rings. The Bertz CT molecular complexity index is 1240. The number of likely N-dealkylation sites (N-methyl/N-ethyl adjacent to an activating group) is 1. The molecule has 3 rings (SSSR count). The van der Waals surface area contributed by atoms with Crippen LogP contribution < -0.4 is 5.73 Å². The van der Waals surface area contributed by atoms with Crippen LogP contribution in [0, 0.1) is 5.82 Å². The molecule has 1 atom stereocenters. The molecule has 0 saturated carbocycles. The van der Waals surface area contributed by atoms with E-state index in [4.69, 9.17) is 10.5 Å². The summed E-state index contributed by atoms with van der Waals surface area (Å²) in [7, 11) is 1.88. The molecule has 0 saturated heterocycles. The molecule has 8 nitrogen and oxygen atoms in total. The third-order valence-electron chi connectivity index (χ3n) is 5.76. The molecular formula is C24H30BrF2N4O4S+. The molecule has 36 heavy (non-hydrogen) atoms. The van der Waals surface area contributed by atoms with Crippen molar-refractivity contribution in [1.82, 2.24) is 9.80 Å². The van der Waals surface area contributed by atoms with Crippen molar-refractivity contribution in [2.24, 2.45) is 5.73 Å². The number of hydrogen-bond donors (Lipinski definition) is 1. The van der Waals surface area contributed by atoms with Gasteiger partial charge in [0.2, 0.25) is 6.41 Å². The number of imide groups is 1. The van der Waals surface area contributed by atoms with E-state index in [1.807, 2.05) is 21.1 Å². The topological polar surface area (TPSA) is 92.9 Å². The largest absolute Gasteiger partial charge is 0.457 e. The summed E-state index contributed by atoms with van der Waals surface area (Å²) in [5.41, 5.74) is 7.18. The van der Waals surface area contributed by atoms with Crippen molar-refractivity contribution in [1.29, 1.82) is 0 Å². The van der Waals surface area contributed by atoms with E-state index in [0.29, 0.717) is 26.1 Å². The number of rotatable bonds is 6. The number of nitrogens with two attached hydrogens (primary N) is 1. The fourth-order valence-electron chi connectivity index (χ4n) is 3.96. The number of esters is 1. The first-order chi connectivity index (χ1) is 16.6. The van der Waals surface area contributed by atoms with Crippen molar-refractivity contribution in [3.63, 3.8) is 0 Å². The number of urea groups is 1. The van der Waals surface area contributed by atoms with Crippen molar-refractivity contribution in [3.8, 4) is 0 Å². The summed E-state index contributed by atoms with van der Waals surface area (Å²) in [6, 6.07) is 3.17. The molecule has 2 N–H and O–H groups in total. The van der Waals surface area contributed by atoms with Gasteiger partial charge in [0.15, 0.2) is 6.54 Å². The zero-order valence-corrected chi connectivity index (χ0v) is 23.4. The van der Waals surface area contributed by atoms with Gasteiger partial charge in [0, 0.05) is 26.4 Å². The second-order valence-corrected chi connectivity index (χ2v) is 13.4. The van der Waals surface area contributed by atoms with Crippen LogP contribution in [-0.2, 0) is 20.9 Å². The van der Waals surface area contributed by atoms with Gasteiger partial charge in [0.25, 0.3) is 0 Å². The molecule has 3 amide bonds. The lowest BCUT2D eigenvalue weighted by atomic mass is 10.1. The standard InChI is InChI=1S/C24H30BrF2N4O4S/c1-14(2)22(28)30(13-32)24(34)29-10-16-18(26)8-7-9-19(16)36(27)21(25)17(15(3)23(29)36)12-35-20(33)11-31(4,5)6/h7-9,13H,10-12,28H2,1-6H3/q+1. The summed E-state index contributed by atoms with van der Waals surface area (Å²) in [5.74, 6) is -1.26. The smallest absolute Gasteiger partial charge is 0.362 e. The van der Waals surface area contributed by atoms with Crippen molar-refractivity contribution >= 4 is 44.8 Å². The van der Waals surface area contributed by atoms with E-state index in [9.17, 15) is 18.8 Å². The van der Waals surface area contributed by atoms with E-state index < -0.39 is 28.2 Å². The van der Waals surface area contributed by atoms with Crippen LogP contribution in [0.15, 0.2) is 54.5 Å². The first kappa shape index (κ1) is 27.9. The molecule has 1 aromatic carbocycles. The van der Waals surface area contributed by atoms with Gasteiger partial charge in [-0.15, -0.1) is 0 Å². The van der Waals surface area contributed by atoms with E-state index in [2.05, 4.69) is 15.9 Å². The van der Waals surface area contributed by atoms with Crippen LogP contribution in [0.2, 0.25) is 0 Å². The van der Waals surface area contributed by atoms with Crippen molar-refractivity contribution in [2.45, 2.75) is 32.2 Å². The maximum Gasteiger partial charge on any atom is 0.362 e. The summed E-state index contributed by atoms with van der Waals surface area (Å²) < 4.78 is 38.0. The van der Waals surface area contributed by atoms with E-state index in [1.54, 1.807) is 20.8 Å². The number of ether oxygens (including phenoxy) is 1. The Hall–Kier alpha value is -2.70. The number of fused-ring (bicyclic) bond motifs is 3. The lowest BCUT2D eigenvalue weighted by molar-refractivity contribution is -0.862. The molecular weight excluding hydrogens is 558 g/mol. The Balaban J connectivity index is 2.15. The van der Waals surface area contributed by atoms with Gasteiger partial charge in [-0.3, -0.25) is 9.69 Å². The minimum atomic E-state index is -3.62. The van der Waals surface area contributed by atoms with Crippen LogP contribution in [0.5, 0.6) is 0 Å². The van der Waals surface area contributed by atoms with Crippen LogP contribution >= 0.6 is 26.3 Å². The number of allylic oxidation sites excluding steroid dienone is 1. The number of benzene rings is 1. The SMILES string of the molecule is CC(C)=C(N)N(C=O)C(=O)N1Cc2c(F)cccc2S2(F)C(Br)=C(COC(=O)C[N+](C)(C)C)C(C)=C12. The van der Waals surface area contributed by atoms with Gasteiger partial charge < -0.3 is 15.0 Å². The number of quaternary nitrogens is 1. The molecule has 2 aliphatic heterocycles. The predicted molar refractivity (Wildman–Crippen MR) is 137 cm³/mol. The number of amides is 3. The van der Waals surface area contributed by atoms with E-state index in [1.165, 1.54) is 18.2 Å². The van der Waals surface area contributed by atoms with Gasteiger partial charge in [-0.05, 0) is 60.0 Å². The summed E-state index contributed by atoms with van der Waals surface area (Å²) in [6.07, 6.45) is 0.248. The Labute approximate surface area is 219 Å². The molecule has 0 bridgehead atoms. The van der Waals surface area contributed by atoms with E-state index in [-0.39, 0.29) is 51.2 Å². The number of halogens is 3. The summed E-state index contributed by atoms with van der Waals surface area (Å²) in [5, 5.41) is -0.0106. The van der Waals surface area contributed by atoms with Crippen LogP contribution in [0.4, 0.5) is 13.1 Å². The highest BCUT2D eigenvalue weighted by Crippen LogP contribution is 2.79. The monoisotopic (exact) mass is 587 g/mol. The first-order valence-electron chi connectivity index (χ1n) is 11.0. The van der Waals surface area contributed by atoms with E-state index >= 15 is 3.89 Å². The third kappa shape index (κ3) is 4.81. The summed E-state index contributed by atoms with van der Waals surface area (Å²) in [4.78, 5) is 39.5. The average Bonchev–Trinajstić information content (AvgIpc) is 2.97. The van der Waals surface area contributed by atoms with Gasteiger partial charge >= 0.3 is 12.0 Å². The maximum absolute atomic E-state index is 17.2. The lowest BCUT2D eigenvalue weighted by Gasteiger charge is -2.43. The second-order valence-electron chi connectivity index (χ2n) is 9.78. The highest BCUT2D eigenvalue weighted by molar-refractivity contribution is 9.14. The molecule has 2 heterocycles. The van der Waals surface area contributed by atoms with Crippen molar-refractivity contribution < 1.29 is 31.9 Å². The Morgan fingerprint density at radius 2 is 1.94 bits per heavy atom. The van der Waals surface area contributed by atoms with Gasteiger partial charge in [-0.2, -0.15) is 3.89 Å². The zero-order valence-electron chi connectivity index (χ0n) is 21.0. The minimum Gasteiger partial charge on any atom is -0.457 e. The lowest BCUT2D eigenvalue weighted by Crippen LogP contribution is -2.45. The normalized spacial score (nSPS) is 20.9. The highest BCUT2D eigenvalue weighted by Gasteiger charge is 2.52. The quantitative estimate of drug-likeness (QED) is 0.299. The molecule has 1 unspecified atom stereocenters. The van der Waals surface area contributed by atoms with Gasteiger partial charge in [0.05, 0.1) is 31.5 Å². The number of hydrogen-bond acceptors (Lipinski definition) is 5. The fraction of sp³-hybridized carbons (Fsp3) is 0.375. The first-order valence-corrected chi connectivity index (χ1v) is 13.3. The van der Waals surface area contributed by atoms with Crippen LogP contribution in [0.3, 0.4) is 0 Å². The molecule has 196 valence electrons. The van der Waals surface area contributed by atoms with Gasteiger partial charge in [0.1, 0.15) is 23.3 Å². The van der Waals surface area contributed by atoms with Crippen molar-refractivity contribution in [2.75, 3.05) is 34.3 Å². The molecule has 0 spiro atoms. The maximum atomic E-state index is 17.2. The van der Waals surface area contributed by atoms with Crippen LogP contribution in [0.25, 0.3) is 0 Å². The molecule has 0 aliphatic carbocycles. The van der Waals surface area contributed by atoms with Crippen molar-refractivity contribution in [3.05, 3.63) is 61.0 Å². The number of nitrogens with zero attached hydrogens (tertiary/aromatic N) is 3. The molecule has 0 radical (unpaired) electrons. The Morgan fingerprint density at radius 1 is 1.31 bits per heavy atom. The highest BCUT2D eigenvalue weighted by atomic mass is 79.9. The molecule has 12 heteroatoms. The van der Waals surface area contributed by atoms with E-state index in [0.717, 1.165) is 4.90 Å². The molecule has 1 aromatic rings.